The molecular weight excluding hydrogens is 288 g/mol. The minimum absolute atomic E-state index is 0.0471. The number of rotatable bonds is 5. The maximum atomic E-state index is 12.1. The van der Waals surface area contributed by atoms with Crippen molar-refractivity contribution in [2.75, 3.05) is 12.4 Å². The second-order valence-electron chi connectivity index (χ2n) is 3.97. The van der Waals surface area contributed by atoms with Crippen molar-refractivity contribution < 1.29 is 27.5 Å². The molecule has 2 aromatic heterocycles. The number of hydrogen-bond acceptors (Lipinski definition) is 5. The molecule has 0 saturated carbocycles. The third-order valence-electron chi connectivity index (χ3n) is 2.47. The predicted molar refractivity (Wildman–Crippen MR) is 66.0 cm³/mol. The molecule has 0 atom stereocenters. The number of furan rings is 1. The Morgan fingerprint density at radius 1 is 1.48 bits per heavy atom. The summed E-state index contributed by atoms with van der Waals surface area (Å²) in [5.41, 5.74) is 0.139. The molecule has 0 aliphatic heterocycles. The van der Waals surface area contributed by atoms with Crippen molar-refractivity contribution in [3.05, 3.63) is 36.0 Å². The van der Waals surface area contributed by atoms with Crippen LogP contribution >= 0.6 is 0 Å². The van der Waals surface area contributed by atoms with Gasteiger partial charge in [-0.05, 0) is 12.1 Å². The van der Waals surface area contributed by atoms with E-state index in [1.54, 1.807) is 6.07 Å². The fraction of sp³-hybridized carbons (Fsp3) is 0.250. The average Bonchev–Trinajstić information content (AvgIpc) is 3.08. The zero-order valence-electron chi connectivity index (χ0n) is 10.9. The number of aromatic nitrogens is 2. The molecule has 112 valence electrons. The van der Waals surface area contributed by atoms with Crippen molar-refractivity contribution >= 4 is 17.6 Å². The third-order valence-corrected chi connectivity index (χ3v) is 2.47. The Hall–Kier alpha value is -2.71. The lowest BCUT2D eigenvalue weighted by Gasteiger charge is -2.00. The molecule has 2 aromatic rings. The van der Waals surface area contributed by atoms with Gasteiger partial charge in [-0.3, -0.25) is 9.48 Å². The summed E-state index contributed by atoms with van der Waals surface area (Å²) in [5, 5.41) is 5.88. The van der Waals surface area contributed by atoms with Crippen LogP contribution in [0.15, 0.2) is 28.9 Å². The van der Waals surface area contributed by atoms with Crippen molar-refractivity contribution in [1.82, 2.24) is 9.78 Å². The minimum atomic E-state index is -3.10. The molecule has 0 saturated heterocycles. The molecule has 0 aliphatic rings. The molecule has 7 nitrogen and oxygen atoms in total. The second-order valence-corrected chi connectivity index (χ2v) is 3.97. The van der Waals surface area contributed by atoms with E-state index in [1.807, 2.05) is 5.32 Å². The zero-order valence-corrected chi connectivity index (χ0v) is 10.9. The molecule has 1 amide bonds. The SMILES string of the molecule is COC(=O)c1ccc(Cn2cc(NC(=O)C(F)F)cn2)o1. The molecule has 0 bridgehead atoms. The number of nitrogens with zero attached hydrogens (tertiary/aromatic N) is 2. The molecule has 1 N–H and O–H groups in total. The highest BCUT2D eigenvalue weighted by Gasteiger charge is 2.16. The number of amides is 1. The standard InChI is InChI=1S/C12H11F2N3O4/c1-20-12(19)9-3-2-8(21-9)6-17-5-7(4-15-17)16-11(18)10(13)14/h2-5,10H,6H2,1H3,(H,16,18). The van der Waals surface area contributed by atoms with Crippen LogP contribution < -0.4 is 5.32 Å². The lowest BCUT2D eigenvalue weighted by atomic mass is 10.4. The van der Waals surface area contributed by atoms with Gasteiger partial charge in [0.1, 0.15) is 5.76 Å². The number of methoxy groups -OCH3 is 1. The van der Waals surface area contributed by atoms with Gasteiger partial charge in [0.15, 0.2) is 0 Å². The number of anilines is 1. The van der Waals surface area contributed by atoms with Crippen molar-refractivity contribution in [2.24, 2.45) is 0 Å². The van der Waals surface area contributed by atoms with E-state index in [4.69, 9.17) is 4.42 Å². The number of nitrogens with one attached hydrogen (secondary N) is 1. The number of halogens is 2. The van der Waals surface area contributed by atoms with Crippen LogP contribution in [0.5, 0.6) is 0 Å². The van der Waals surface area contributed by atoms with Gasteiger partial charge in [0.05, 0.1) is 25.5 Å². The Balaban J connectivity index is 2.01. The van der Waals surface area contributed by atoms with Crippen LogP contribution in [-0.4, -0.2) is 35.2 Å². The minimum Gasteiger partial charge on any atom is -0.463 e. The average molecular weight is 299 g/mol. The van der Waals surface area contributed by atoms with Gasteiger partial charge < -0.3 is 14.5 Å². The van der Waals surface area contributed by atoms with Crippen LogP contribution in [0.25, 0.3) is 0 Å². The highest BCUT2D eigenvalue weighted by atomic mass is 19.3. The molecule has 0 unspecified atom stereocenters. The van der Waals surface area contributed by atoms with Crippen LogP contribution in [0.3, 0.4) is 0 Å². The Morgan fingerprint density at radius 2 is 2.24 bits per heavy atom. The molecule has 21 heavy (non-hydrogen) atoms. The first kappa shape index (κ1) is 14.7. The van der Waals surface area contributed by atoms with E-state index in [-0.39, 0.29) is 18.0 Å². The summed E-state index contributed by atoms with van der Waals surface area (Å²) in [6, 6.07) is 3.01. The Labute approximate surface area is 117 Å². The predicted octanol–water partition coefficient (Wildman–Crippen LogP) is 1.51. The molecule has 0 radical (unpaired) electrons. The lowest BCUT2D eigenvalue weighted by Crippen LogP contribution is -2.19. The maximum Gasteiger partial charge on any atom is 0.373 e. The maximum absolute atomic E-state index is 12.1. The van der Waals surface area contributed by atoms with Gasteiger partial charge in [-0.1, -0.05) is 0 Å². The van der Waals surface area contributed by atoms with E-state index in [2.05, 4.69) is 9.84 Å². The quantitative estimate of drug-likeness (QED) is 0.846. The smallest absolute Gasteiger partial charge is 0.373 e. The van der Waals surface area contributed by atoms with E-state index in [0.29, 0.717) is 5.76 Å². The van der Waals surface area contributed by atoms with Crippen molar-refractivity contribution in [3.63, 3.8) is 0 Å². The summed E-state index contributed by atoms with van der Waals surface area (Å²) in [6.07, 6.45) is -0.508. The summed E-state index contributed by atoms with van der Waals surface area (Å²) >= 11 is 0. The Kier molecular flexibility index (Phi) is 4.31. The van der Waals surface area contributed by atoms with E-state index < -0.39 is 18.3 Å². The molecule has 0 aromatic carbocycles. The number of alkyl halides is 2. The lowest BCUT2D eigenvalue weighted by molar-refractivity contribution is -0.126. The molecule has 0 spiro atoms. The normalized spacial score (nSPS) is 10.7. The van der Waals surface area contributed by atoms with Crippen LogP contribution in [0.4, 0.5) is 14.5 Å². The molecule has 2 rings (SSSR count). The first-order valence-corrected chi connectivity index (χ1v) is 5.78. The van der Waals surface area contributed by atoms with E-state index in [1.165, 1.54) is 30.3 Å². The molecule has 0 aliphatic carbocycles. The summed E-state index contributed by atoms with van der Waals surface area (Å²) in [5.74, 6) is -1.54. The topological polar surface area (TPSA) is 86.4 Å². The second kappa shape index (κ2) is 6.16. The van der Waals surface area contributed by atoms with Gasteiger partial charge >= 0.3 is 12.4 Å². The Bertz CT molecular complexity index is 650. The highest BCUT2D eigenvalue weighted by Crippen LogP contribution is 2.12. The number of ether oxygens (including phenoxy) is 1. The van der Waals surface area contributed by atoms with Crippen LogP contribution in [0, 0.1) is 0 Å². The summed E-state index contributed by atoms with van der Waals surface area (Å²) < 4.78 is 35.2. The summed E-state index contributed by atoms with van der Waals surface area (Å²) in [7, 11) is 1.23. The van der Waals surface area contributed by atoms with E-state index >= 15 is 0 Å². The largest absolute Gasteiger partial charge is 0.463 e. The Morgan fingerprint density at radius 3 is 2.90 bits per heavy atom. The molecular formula is C12H11F2N3O4. The monoisotopic (exact) mass is 299 g/mol. The van der Waals surface area contributed by atoms with Gasteiger partial charge in [0.25, 0.3) is 5.91 Å². The summed E-state index contributed by atoms with van der Waals surface area (Å²) in [6.45, 7) is 0.168. The fourth-order valence-electron chi connectivity index (χ4n) is 1.54. The van der Waals surface area contributed by atoms with Gasteiger partial charge in [0, 0.05) is 6.20 Å². The molecule has 2 heterocycles. The number of esters is 1. The van der Waals surface area contributed by atoms with Crippen molar-refractivity contribution in [2.45, 2.75) is 13.0 Å². The zero-order chi connectivity index (χ0) is 15.4. The van der Waals surface area contributed by atoms with Crippen molar-refractivity contribution in [3.8, 4) is 0 Å². The number of hydrogen-bond donors (Lipinski definition) is 1. The van der Waals surface area contributed by atoms with Gasteiger partial charge in [0.2, 0.25) is 5.76 Å². The molecule has 9 heteroatoms. The first-order chi connectivity index (χ1) is 9.99. The fourth-order valence-corrected chi connectivity index (χ4v) is 1.54. The highest BCUT2D eigenvalue weighted by molar-refractivity contribution is 5.92. The van der Waals surface area contributed by atoms with Crippen molar-refractivity contribution in [1.29, 1.82) is 0 Å². The molecule has 0 fully saturated rings. The van der Waals surface area contributed by atoms with E-state index in [9.17, 15) is 18.4 Å². The summed E-state index contributed by atoms with van der Waals surface area (Å²) in [4.78, 5) is 22.0. The van der Waals surface area contributed by atoms with Gasteiger partial charge in [-0.2, -0.15) is 13.9 Å². The van der Waals surface area contributed by atoms with Crippen LogP contribution in [0.1, 0.15) is 16.3 Å². The van der Waals surface area contributed by atoms with Gasteiger partial charge in [-0.15, -0.1) is 0 Å². The van der Waals surface area contributed by atoms with E-state index in [0.717, 1.165) is 0 Å². The first-order valence-electron chi connectivity index (χ1n) is 5.78. The number of carbonyl (C=O) groups is 2. The van der Waals surface area contributed by atoms with Crippen LogP contribution in [-0.2, 0) is 16.1 Å². The number of carbonyl (C=O) groups excluding carboxylic acids is 2. The third kappa shape index (κ3) is 3.65. The van der Waals surface area contributed by atoms with Crippen LogP contribution in [0.2, 0.25) is 0 Å². The van der Waals surface area contributed by atoms with Gasteiger partial charge in [-0.25, -0.2) is 4.79 Å².